The Kier molecular flexibility index (Phi) is 5.14. The number of aryl methyl sites for hydroxylation is 1. The minimum absolute atomic E-state index is 0.0356. The zero-order chi connectivity index (χ0) is 18.7. The molecule has 0 bridgehead atoms. The molecule has 134 valence electrons. The van der Waals surface area contributed by atoms with E-state index in [1.54, 1.807) is 6.92 Å². The highest BCUT2D eigenvalue weighted by atomic mass is 35.5. The van der Waals surface area contributed by atoms with Crippen molar-refractivity contribution in [1.82, 2.24) is 4.98 Å². The molecule has 0 fully saturated rings. The maximum absolute atomic E-state index is 12.4. The molecule has 1 aromatic heterocycles. The lowest BCUT2D eigenvalue weighted by Crippen LogP contribution is -2.08. The SMILES string of the molecule is COc1cc(N)c(Cl)cc1C(=O)OCc1nc(-c2ccccc2)oc1C. The highest BCUT2D eigenvalue weighted by Crippen LogP contribution is 2.30. The van der Waals surface area contributed by atoms with Crippen LogP contribution in [0.5, 0.6) is 5.75 Å². The van der Waals surface area contributed by atoms with E-state index in [4.69, 9.17) is 31.2 Å². The van der Waals surface area contributed by atoms with Gasteiger partial charge in [0.15, 0.2) is 0 Å². The number of rotatable bonds is 5. The predicted octanol–water partition coefficient (Wildman–Crippen LogP) is 4.25. The van der Waals surface area contributed by atoms with E-state index in [1.165, 1.54) is 19.2 Å². The van der Waals surface area contributed by atoms with E-state index in [0.29, 0.717) is 28.8 Å². The molecule has 26 heavy (non-hydrogen) atoms. The molecule has 0 unspecified atom stereocenters. The van der Waals surface area contributed by atoms with Crippen molar-refractivity contribution in [2.24, 2.45) is 0 Å². The number of anilines is 1. The fraction of sp³-hybridized carbons (Fsp3) is 0.158. The Morgan fingerprint density at radius 1 is 1.27 bits per heavy atom. The molecule has 0 aliphatic carbocycles. The molecule has 0 atom stereocenters. The van der Waals surface area contributed by atoms with Crippen LogP contribution in [0, 0.1) is 6.92 Å². The molecule has 0 saturated heterocycles. The lowest BCUT2D eigenvalue weighted by molar-refractivity contribution is 0.0463. The molecule has 7 heteroatoms. The summed E-state index contributed by atoms with van der Waals surface area (Å²) in [6.07, 6.45) is 0. The molecular weight excluding hydrogens is 356 g/mol. The Morgan fingerprint density at radius 2 is 2.00 bits per heavy atom. The second-order valence-electron chi connectivity index (χ2n) is 5.54. The number of benzene rings is 2. The van der Waals surface area contributed by atoms with Crippen molar-refractivity contribution in [3.8, 4) is 17.2 Å². The number of oxazole rings is 1. The van der Waals surface area contributed by atoms with Gasteiger partial charge in [0.2, 0.25) is 5.89 Å². The van der Waals surface area contributed by atoms with Crippen LogP contribution in [0.2, 0.25) is 5.02 Å². The van der Waals surface area contributed by atoms with Crippen molar-refractivity contribution in [2.45, 2.75) is 13.5 Å². The van der Waals surface area contributed by atoms with Gasteiger partial charge in [0.05, 0.1) is 17.8 Å². The number of aromatic nitrogens is 1. The van der Waals surface area contributed by atoms with E-state index in [0.717, 1.165) is 5.56 Å². The monoisotopic (exact) mass is 372 g/mol. The third kappa shape index (κ3) is 3.65. The fourth-order valence-corrected chi connectivity index (χ4v) is 2.54. The molecule has 0 radical (unpaired) electrons. The number of hydrogen-bond acceptors (Lipinski definition) is 6. The molecule has 2 N–H and O–H groups in total. The van der Waals surface area contributed by atoms with Gasteiger partial charge in [-0.25, -0.2) is 9.78 Å². The number of hydrogen-bond donors (Lipinski definition) is 1. The molecule has 0 aliphatic rings. The molecular formula is C19H17ClN2O4. The number of methoxy groups -OCH3 is 1. The first-order valence-corrected chi connectivity index (χ1v) is 8.19. The van der Waals surface area contributed by atoms with Gasteiger partial charge >= 0.3 is 5.97 Å². The van der Waals surface area contributed by atoms with E-state index in [9.17, 15) is 4.79 Å². The van der Waals surface area contributed by atoms with Gasteiger partial charge in [0.25, 0.3) is 0 Å². The number of nitrogens with two attached hydrogens (primary N) is 1. The second-order valence-corrected chi connectivity index (χ2v) is 5.95. The second kappa shape index (κ2) is 7.49. The molecule has 3 rings (SSSR count). The number of carbonyl (C=O) groups is 1. The zero-order valence-electron chi connectivity index (χ0n) is 14.3. The first kappa shape index (κ1) is 17.8. The largest absolute Gasteiger partial charge is 0.496 e. The first-order chi connectivity index (χ1) is 12.5. The normalized spacial score (nSPS) is 10.6. The Hall–Kier alpha value is -2.99. The summed E-state index contributed by atoms with van der Waals surface area (Å²) < 4.78 is 16.2. The maximum atomic E-state index is 12.4. The smallest absolute Gasteiger partial charge is 0.342 e. The van der Waals surface area contributed by atoms with Crippen LogP contribution in [-0.2, 0) is 11.3 Å². The van der Waals surface area contributed by atoms with Crippen LogP contribution in [0.3, 0.4) is 0 Å². The summed E-state index contributed by atoms with van der Waals surface area (Å²) >= 11 is 5.98. The summed E-state index contributed by atoms with van der Waals surface area (Å²) in [5.74, 6) is 0.757. The Morgan fingerprint density at radius 3 is 2.69 bits per heavy atom. The maximum Gasteiger partial charge on any atom is 0.342 e. The zero-order valence-corrected chi connectivity index (χ0v) is 15.0. The summed E-state index contributed by atoms with van der Waals surface area (Å²) in [5.41, 5.74) is 7.62. The van der Waals surface area contributed by atoms with E-state index in [-0.39, 0.29) is 17.2 Å². The van der Waals surface area contributed by atoms with Crippen molar-refractivity contribution < 1.29 is 18.7 Å². The van der Waals surface area contributed by atoms with Crippen LogP contribution in [0.15, 0.2) is 46.9 Å². The molecule has 1 heterocycles. The van der Waals surface area contributed by atoms with E-state index >= 15 is 0 Å². The topological polar surface area (TPSA) is 87.6 Å². The summed E-state index contributed by atoms with van der Waals surface area (Å²) in [7, 11) is 1.44. The minimum Gasteiger partial charge on any atom is -0.496 e. The number of nitrogens with zero attached hydrogens (tertiary/aromatic N) is 1. The van der Waals surface area contributed by atoms with Crippen molar-refractivity contribution in [3.05, 3.63) is 64.5 Å². The molecule has 6 nitrogen and oxygen atoms in total. The van der Waals surface area contributed by atoms with Crippen molar-refractivity contribution in [2.75, 3.05) is 12.8 Å². The van der Waals surface area contributed by atoms with Crippen LogP contribution in [-0.4, -0.2) is 18.1 Å². The van der Waals surface area contributed by atoms with Crippen LogP contribution in [0.4, 0.5) is 5.69 Å². The highest BCUT2D eigenvalue weighted by molar-refractivity contribution is 6.33. The highest BCUT2D eigenvalue weighted by Gasteiger charge is 2.18. The lowest BCUT2D eigenvalue weighted by atomic mass is 10.2. The first-order valence-electron chi connectivity index (χ1n) is 7.81. The number of ether oxygens (including phenoxy) is 2. The quantitative estimate of drug-likeness (QED) is 0.532. The molecule has 0 aliphatic heterocycles. The molecule has 0 amide bonds. The van der Waals surface area contributed by atoms with Gasteiger partial charge < -0.3 is 19.6 Å². The Bertz CT molecular complexity index is 938. The average Bonchev–Trinajstić information content (AvgIpc) is 3.03. The Balaban J connectivity index is 1.77. The van der Waals surface area contributed by atoms with E-state index < -0.39 is 5.97 Å². The van der Waals surface area contributed by atoms with E-state index in [2.05, 4.69) is 4.98 Å². The van der Waals surface area contributed by atoms with E-state index in [1.807, 2.05) is 30.3 Å². The minimum atomic E-state index is -0.590. The molecule has 0 spiro atoms. The van der Waals surface area contributed by atoms with Crippen molar-refractivity contribution in [1.29, 1.82) is 0 Å². The van der Waals surface area contributed by atoms with Gasteiger partial charge in [0.1, 0.15) is 29.4 Å². The van der Waals surface area contributed by atoms with Crippen LogP contribution < -0.4 is 10.5 Å². The molecule has 0 saturated carbocycles. The number of nitrogen functional groups attached to an aromatic ring is 1. The predicted molar refractivity (Wildman–Crippen MR) is 98.2 cm³/mol. The number of halogens is 1. The summed E-state index contributed by atoms with van der Waals surface area (Å²) in [5, 5.41) is 0.252. The summed E-state index contributed by atoms with van der Waals surface area (Å²) in [4.78, 5) is 16.8. The standard InChI is InChI=1S/C19H17ClN2O4/c1-11-16(22-18(26-11)12-6-4-3-5-7-12)10-25-19(23)13-8-14(20)15(21)9-17(13)24-2/h3-9H,10,21H2,1-2H3. The van der Waals surface area contributed by atoms with Crippen LogP contribution in [0.1, 0.15) is 21.8 Å². The van der Waals surface area contributed by atoms with Crippen LogP contribution in [0.25, 0.3) is 11.5 Å². The van der Waals surface area contributed by atoms with Gasteiger partial charge in [-0.05, 0) is 25.1 Å². The van der Waals surface area contributed by atoms with Crippen molar-refractivity contribution in [3.63, 3.8) is 0 Å². The Labute approximate surface area is 155 Å². The third-order valence-corrected chi connectivity index (χ3v) is 4.12. The summed E-state index contributed by atoms with van der Waals surface area (Å²) in [6, 6.07) is 12.4. The fourth-order valence-electron chi connectivity index (χ4n) is 2.38. The van der Waals surface area contributed by atoms with Gasteiger partial charge in [0, 0.05) is 11.6 Å². The van der Waals surface area contributed by atoms with Gasteiger partial charge in [-0.15, -0.1) is 0 Å². The third-order valence-electron chi connectivity index (χ3n) is 3.79. The number of esters is 1. The van der Waals surface area contributed by atoms with Crippen molar-refractivity contribution >= 4 is 23.3 Å². The average molecular weight is 373 g/mol. The lowest BCUT2D eigenvalue weighted by Gasteiger charge is -2.10. The van der Waals surface area contributed by atoms with Crippen LogP contribution >= 0.6 is 11.6 Å². The van der Waals surface area contributed by atoms with Gasteiger partial charge in [-0.2, -0.15) is 0 Å². The molecule has 2 aromatic carbocycles. The number of carbonyl (C=O) groups excluding carboxylic acids is 1. The molecule has 3 aromatic rings. The summed E-state index contributed by atoms with van der Waals surface area (Å²) in [6.45, 7) is 1.73. The van der Waals surface area contributed by atoms with Gasteiger partial charge in [-0.1, -0.05) is 29.8 Å². The van der Waals surface area contributed by atoms with Gasteiger partial charge in [-0.3, -0.25) is 0 Å².